The lowest BCUT2D eigenvalue weighted by Crippen LogP contribution is -2.74. The molecule has 13 heteroatoms. The number of nitrogens with two attached hydrogens (primary N) is 1. The Morgan fingerprint density at radius 3 is 2.71 bits per heavy atom. The molecule has 0 saturated carbocycles. The van der Waals surface area contributed by atoms with E-state index in [0.717, 1.165) is 24.0 Å². The minimum Gasteiger partial charge on any atom is -0.481 e. The monoisotopic (exact) mass is 629 g/mol. The number of likely N-dealkylation sites (tertiary alicyclic amines) is 1. The van der Waals surface area contributed by atoms with Crippen molar-refractivity contribution in [3.63, 3.8) is 0 Å². The average molecular weight is 630 g/mol. The van der Waals surface area contributed by atoms with Crippen LogP contribution in [0.5, 0.6) is 5.75 Å². The van der Waals surface area contributed by atoms with Crippen molar-refractivity contribution in [2.75, 3.05) is 26.7 Å². The number of carboxylic acid groups (broad SMARTS) is 1. The highest BCUT2D eigenvalue weighted by atomic mass is 16.6. The summed E-state index contributed by atoms with van der Waals surface area (Å²) in [5.41, 5.74) is 5.75. The normalized spacial score (nSPS) is 27.4. The van der Waals surface area contributed by atoms with Crippen molar-refractivity contribution in [3.05, 3.63) is 40.7 Å². The summed E-state index contributed by atoms with van der Waals surface area (Å²) in [5, 5.41) is 34.6. The van der Waals surface area contributed by atoms with E-state index in [9.17, 15) is 34.5 Å². The molecule has 6 N–H and O–H groups in total. The van der Waals surface area contributed by atoms with Crippen molar-refractivity contribution in [1.82, 2.24) is 10.2 Å². The lowest BCUT2D eigenvalue weighted by atomic mass is 9.50. The fourth-order valence-corrected chi connectivity index (χ4v) is 7.54. The first-order valence-corrected chi connectivity index (χ1v) is 15.6. The maximum absolute atomic E-state index is 13.1. The quantitative estimate of drug-likeness (QED) is 0.143. The number of ether oxygens (including phenoxy) is 3. The fraction of sp³-hybridized carbons (Fsp3) is 0.625. The van der Waals surface area contributed by atoms with Crippen LogP contribution in [0.1, 0.15) is 68.6 Å². The van der Waals surface area contributed by atoms with E-state index in [-0.39, 0.29) is 49.6 Å². The van der Waals surface area contributed by atoms with Gasteiger partial charge in [-0.3, -0.25) is 14.4 Å². The smallest absolute Gasteiger partial charge is 0.345 e. The van der Waals surface area contributed by atoms with Crippen LogP contribution in [-0.4, -0.2) is 94.6 Å². The van der Waals surface area contributed by atoms with Crippen molar-refractivity contribution in [2.45, 2.75) is 94.2 Å². The van der Waals surface area contributed by atoms with Crippen LogP contribution in [0.15, 0.2) is 24.0 Å². The topological polar surface area (TPSA) is 198 Å². The van der Waals surface area contributed by atoms with Gasteiger partial charge in [0.05, 0.1) is 30.5 Å². The number of piperidine rings is 1. The molecular weight excluding hydrogens is 586 g/mol. The van der Waals surface area contributed by atoms with Crippen LogP contribution in [0.3, 0.4) is 0 Å². The summed E-state index contributed by atoms with van der Waals surface area (Å²) < 4.78 is 17.2. The fourth-order valence-electron chi connectivity index (χ4n) is 7.54. The number of nitrogens with one attached hydrogen (secondary N) is 1. The first kappa shape index (κ1) is 32.9. The third kappa shape index (κ3) is 5.82. The maximum atomic E-state index is 13.1. The number of unbranched alkanes of at least 4 members (excludes halogenated alkanes) is 1. The highest BCUT2D eigenvalue weighted by Crippen LogP contribution is 2.64. The molecule has 1 amide bonds. The second kappa shape index (κ2) is 13.1. The van der Waals surface area contributed by atoms with Crippen LogP contribution < -0.4 is 15.8 Å². The Hall–Kier alpha value is -3.52. The van der Waals surface area contributed by atoms with Gasteiger partial charge >= 0.3 is 17.9 Å². The van der Waals surface area contributed by atoms with E-state index in [0.29, 0.717) is 43.7 Å². The molecule has 0 unspecified atom stereocenters. The van der Waals surface area contributed by atoms with Gasteiger partial charge in [0.15, 0.2) is 6.10 Å². The van der Waals surface area contributed by atoms with E-state index >= 15 is 0 Å². The summed E-state index contributed by atoms with van der Waals surface area (Å²) in [6, 6.07) is 3.55. The largest absolute Gasteiger partial charge is 0.481 e. The second-order valence-corrected chi connectivity index (χ2v) is 12.6. The van der Waals surface area contributed by atoms with E-state index in [1.165, 1.54) is 0 Å². The van der Waals surface area contributed by atoms with Crippen molar-refractivity contribution < 1.29 is 48.7 Å². The lowest BCUT2D eigenvalue weighted by Gasteiger charge is -2.61. The van der Waals surface area contributed by atoms with E-state index in [4.69, 9.17) is 19.9 Å². The Bertz CT molecular complexity index is 1380. The molecule has 4 aliphatic rings. The summed E-state index contributed by atoms with van der Waals surface area (Å²) in [7, 11) is 1.97. The molecule has 1 aromatic rings. The Kier molecular flexibility index (Phi) is 9.54. The van der Waals surface area contributed by atoms with Crippen molar-refractivity contribution in [2.24, 2.45) is 11.7 Å². The molecule has 246 valence electrons. The number of benzene rings is 1. The van der Waals surface area contributed by atoms with Gasteiger partial charge in [-0.15, -0.1) is 0 Å². The molecule has 1 spiro atoms. The number of esters is 2. The molecule has 1 aromatic carbocycles. The zero-order chi connectivity index (χ0) is 32.5. The van der Waals surface area contributed by atoms with Crippen LogP contribution in [0.4, 0.5) is 0 Å². The number of aliphatic hydroxyl groups is 2. The van der Waals surface area contributed by atoms with Gasteiger partial charge in [-0.2, -0.15) is 0 Å². The number of aliphatic hydroxyl groups excluding tert-OH is 1. The molecule has 1 saturated heterocycles. The molecule has 6 atom stereocenters. The standard InChI is InChI=1S/C32H43N3O10/c1-18(5-3-4-12-33)29(39)34-13-9-24(37)44-22(30(40)41)16-25(38)43-21-8-10-32(42)23-15-19-6-7-20(17-36)27-26(19)31(32,28(21)45-27)11-14-35(23)2/h6-8,18,22-23,28,36,42H,3-5,9-17,33H2,1-2H3,(H,34,39)(H,40,41)/t18-,22-,23+,28-,31-,32+/m0/s1. The highest BCUT2D eigenvalue weighted by Gasteiger charge is 2.71. The minimum absolute atomic E-state index is 0.0405. The Morgan fingerprint density at radius 2 is 2.00 bits per heavy atom. The molecule has 2 heterocycles. The van der Waals surface area contributed by atoms with Gasteiger partial charge in [0.25, 0.3) is 0 Å². The van der Waals surface area contributed by atoms with Crippen molar-refractivity contribution in [1.29, 1.82) is 0 Å². The number of likely N-dealkylation sites (N-methyl/N-ethyl adjacent to an activating group) is 1. The van der Waals surface area contributed by atoms with Crippen molar-refractivity contribution >= 4 is 23.8 Å². The number of hydrogen-bond donors (Lipinski definition) is 5. The van der Waals surface area contributed by atoms with E-state index < -0.39 is 47.6 Å². The first-order valence-electron chi connectivity index (χ1n) is 15.6. The zero-order valence-electron chi connectivity index (χ0n) is 25.8. The number of nitrogens with zero attached hydrogens (tertiary/aromatic N) is 1. The molecule has 1 fully saturated rings. The molecule has 0 radical (unpaired) electrons. The Labute approximate surface area is 261 Å². The van der Waals surface area contributed by atoms with Gasteiger partial charge in [0, 0.05) is 36.1 Å². The van der Waals surface area contributed by atoms with Crippen LogP contribution in [0, 0.1) is 5.92 Å². The van der Waals surface area contributed by atoms with Crippen LogP contribution in [0.2, 0.25) is 0 Å². The number of carboxylic acids is 1. The number of hydrogen-bond acceptors (Lipinski definition) is 11. The minimum atomic E-state index is -1.80. The molecular formula is C32H43N3O10. The average Bonchev–Trinajstić information content (AvgIpc) is 3.36. The van der Waals surface area contributed by atoms with Gasteiger partial charge in [-0.25, -0.2) is 4.79 Å². The molecule has 13 nitrogen and oxygen atoms in total. The van der Waals surface area contributed by atoms with Crippen LogP contribution in [-0.2, 0) is 47.1 Å². The molecule has 2 bridgehead atoms. The number of rotatable bonds is 14. The number of aliphatic carboxylic acids is 1. The van der Waals surface area contributed by atoms with Gasteiger partial charge in [0.2, 0.25) is 12.0 Å². The zero-order valence-corrected chi connectivity index (χ0v) is 25.8. The third-order valence-corrected chi connectivity index (χ3v) is 9.93. The lowest BCUT2D eigenvalue weighted by molar-refractivity contribution is -0.173. The summed E-state index contributed by atoms with van der Waals surface area (Å²) in [4.78, 5) is 51.7. The summed E-state index contributed by atoms with van der Waals surface area (Å²) >= 11 is 0. The number of carbonyl (C=O) groups excluding carboxylic acids is 3. The van der Waals surface area contributed by atoms with Crippen molar-refractivity contribution in [3.8, 4) is 5.75 Å². The molecule has 0 aromatic heterocycles. The number of amides is 1. The van der Waals surface area contributed by atoms with Gasteiger partial charge in [0.1, 0.15) is 11.5 Å². The predicted molar refractivity (Wildman–Crippen MR) is 159 cm³/mol. The summed E-state index contributed by atoms with van der Waals surface area (Å²) in [6.45, 7) is 2.68. The first-order chi connectivity index (χ1) is 21.5. The summed E-state index contributed by atoms with van der Waals surface area (Å²) in [6.07, 6.45) is 1.51. The molecule has 45 heavy (non-hydrogen) atoms. The van der Waals surface area contributed by atoms with Gasteiger partial charge in [-0.1, -0.05) is 25.5 Å². The predicted octanol–water partition coefficient (Wildman–Crippen LogP) is 0.658. The van der Waals surface area contributed by atoms with E-state index in [2.05, 4.69) is 10.2 Å². The maximum Gasteiger partial charge on any atom is 0.345 e. The molecule has 5 rings (SSSR count). The third-order valence-electron chi connectivity index (χ3n) is 9.93. The molecule has 2 aliphatic carbocycles. The van der Waals surface area contributed by atoms with Gasteiger partial charge in [-0.05, 0) is 57.5 Å². The number of carbonyl (C=O) groups is 4. The summed E-state index contributed by atoms with van der Waals surface area (Å²) in [5.74, 6) is -3.19. The molecule has 2 aliphatic heterocycles. The Balaban J connectivity index is 1.24. The van der Waals surface area contributed by atoms with Crippen LogP contribution in [0.25, 0.3) is 0 Å². The second-order valence-electron chi connectivity index (χ2n) is 12.6. The van der Waals surface area contributed by atoms with Gasteiger partial charge < -0.3 is 45.5 Å². The Morgan fingerprint density at radius 1 is 1.22 bits per heavy atom. The van der Waals surface area contributed by atoms with E-state index in [1.54, 1.807) is 19.1 Å². The highest BCUT2D eigenvalue weighted by molar-refractivity contribution is 5.84. The SMILES string of the molecule is C[C@@H](CCCCN)C(=O)NCCC(=O)O[C@@H](CC(=O)OC1=CC[C@@]2(O)[C@H]3Cc4ccc(CO)c5c4[C@@]2(CCN3C)[C@H]1O5)C(=O)O. The van der Waals surface area contributed by atoms with E-state index in [1.807, 2.05) is 13.1 Å². The van der Waals surface area contributed by atoms with Crippen LogP contribution >= 0.6 is 0 Å².